The Hall–Kier alpha value is -3.67. The molecule has 0 heterocycles. The van der Waals surface area contributed by atoms with Crippen molar-refractivity contribution < 1.29 is 38.9 Å². The molecule has 2 aromatic carbocycles. The first-order valence-corrected chi connectivity index (χ1v) is 11.3. The number of aliphatic hydroxyl groups is 1. The number of benzene rings is 2. The maximum Gasteiger partial charge on any atom is 0.408 e. The molecule has 2 rings (SSSR count). The van der Waals surface area contributed by atoms with Gasteiger partial charge in [0.05, 0.1) is 31.2 Å². The maximum absolute atomic E-state index is 12.1. The number of non-ortho nitro benzene ring substituents is 2. The van der Waals surface area contributed by atoms with Gasteiger partial charge in [-0.2, -0.15) is 0 Å². The van der Waals surface area contributed by atoms with Crippen molar-refractivity contribution in [1.29, 1.82) is 0 Å². The first-order chi connectivity index (χ1) is 16.1. The molecule has 0 radical (unpaired) electrons. The van der Waals surface area contributed by atoms with E-state index in [0.717, 1.165) is 30.9 Å². The van der Waals surface area contributed by atoms with Crippen molar-refractivity contribution >= 4 is 31.6 Å². The van der Waals surface area contributed by atoms with Gasteiger partial charge in [-0.15, -0.1) is 0 Å². The van der Waals surface area contributed by atoms with Crippen molar-refractivity contribution in [2.75, 3.05) is 13.3 Å². The van der Waals surface area contributed by atoms with Crippen LogP contribution < -0.4 is 5.32 Å². The summed E-state index contributed by atoms with van der Waals surface area (Å²) in [7, 11) is -1.20. The number of rotatable bonds is 11. The Morgan fingerprint density at radius 3 is 2.21 bits per heavy atom. The second-order valence-electron chi connectivity index (χ2n) is 6.90. The zero-order valence-electron chi connectivity index (χ0n) is 17.9. The van der Waals surface area contributed by atoms with Crippen LogP contribution in [0.2, 0.25) is 0 Å². The number of esters is 1. The quantitative estimate of drug-likeness (QED) is 0.181. The fourth-order valence-electron chi connectivity index (χ4n) is 2.83. The van der Waals surface area contributed by atoms with E-state index >= 15 is 0 Å². The van der Waals surface area contributed by atoms with Crippen LogP contribution >= 0.6 is 8.15 Å². The zero-order valence-corrected chi connectivity index (χ0v) is 18.8. The van der Waals surface area contributed by atoms with E-state index in [1.54, 1.807) is 30.3 Å². The Morgan fingerprint density at radius 1 is 1.09 bits per heavy atom. The van der Waals surface area contributed by atoms with E-state index in [2.05, 4.69) is 10.1 Å². The third-order valence-corrected chi connectivity index (χ3v) is 6.14. The number of alkyl carbamates (subject to hydrolysis) is 1. The number of methoxy groups -OCH3 is 1. The van der Waals surface area contributed by atoms with Gasteiger partial charge in [0.2, 0.25) is 0 Å². The summed E-state index contributed by atoms with van der Waals surface area (Å²) in [4.78, 5) is 54.8. The lowest BCUT2D eigenvalue weighted by Gasteiger charge is -2.21. The third-order valence-electron chi connectivity index (χ3n) is 4.56. The summed E-state index contributed by atoms with van der Waals surface area (Å²) in [6.07, 6.45) is -1.27. The van der Waals surface area contributed by atoms with Crippen LogP contribution in [0.15, 0.2) is 48.5 Å². The van der Waals surface area contributed by atoms with Crippen LogP contribution in [-0.2, 0) is 20.9 Å². The lowest BCUT2D eigenvalue weighted by molar-refractivity contribution is -0.394. The summed E-state index contributed by atoms with van der Waals surface area (Å²) in [5.41, 5.74) is -0.747. The second kappa shape index (κ2) is 12.5. The predicted molar refractivity (Wildman–Crippen MR) is 119 cm³/mol. The molecule has 0 aromatic heterocycles. The fourth-order valence-corrected chi connectivity index (χ4v) is 4.09. The van der Waals surface area contributed by atoms with Gasteiger partial charge < -0.3 is 24.8 Å². The van der Waals surface area contributed by atoms with Gasteiger partial charge in [-0.05, 0) is 18.1 Å². The van der Waals surface area contributed by atoms with Crippen molar-refractivity contribution in [2.24, 2.45) is 0 Å². The summed E-state index contributed by atoms with van der Waals surface area (Å²) < 4.78 is 9.70. The van der Waals surface area contributed by atoms with Crippen molar-refractivity contribution in [3.63, 3.8) is 0 Å². The van der Waals surface area contributed by atoms with Gasteiger partial charge in [0, 0.05) is 17.7 Å². The molecule has 3 unspecified atom stereocenters. The van der Waals surface area contributed by atoms with Crippen LogP contribution in [0.4, 0.5) is 16.2 Å². The summed E-state index contributed by atoms with van der Waals surface area (Å²) in [6.45, 7) is -0.0441. The van der Waals surface area contributed by atoms with Gasteiger partial charge in [-0.3, -0.25) is 20.2 Å². The fraction of sp³-hybridized carbons (Fsp3) is 0.300. The van der Waals surface area contributed by atoms with Gasteiger partial charge in [0.15, 0.2) is 0 Å². The smallest absolute Gasteiger partial charge is 0.408 e. The van der Waals surface area contributed by atoms with Crippen molar-refractivity contribution in [3.8, 4) is 0 Å². The molecule has 14 heteroatoms. The lowest BCUT2D eigenvalue weighted by atomic mass is 10.2. The summed E-state index contributed by atoms with van der Waals surface area (Å²) in [5, 5.41) is 34.8. The number of nitro groups is 2. The molecule has 13 nitrogen and oxygen atoms in total. The Bertz CT molecular complexity index is 1000. The number of nitrogens with zero attached hydrogens (tertiary/aromatic N) is 2. The summed E-state index contributed by atoms with van der Waals surface area (Å²) >= 11 is 0. The van der Waals surface area contributed by atoms with Gasteiger partial charge in [0.25, 0.3) is 11.4 Å². The molecule has 0 saturated heterocycles. The lowest BCUT2D eigenvalue weighted by Crippen LogP contribution is -2.42. The normalized spacial score (nSPS) is 13.3. The van der Waals surface area contributed by atoms with Gasteiger partial charge in [0.1, 0.15) is 18.5 Å². The van der Waals surface area contributed by atoms with E-state index in [1.807, 2.05) is 0 Å². The van der Waals surface area contributed by atoms with E-state index in [-0.39, 0.29) is 24.8 Å². The maximum atomic E-state index is 12.1. The summed E-state index contributed by atoms with van der Waals surface area (Å²) in [6, 6.07) is 10.2. The number of carbonyl (C=O) groups is 2. The largest absolute Gasteiger partial charge is 0.467 e. The highest BCUT2D eigenvalue weighted by Crippen LogP contribution is 2.47. The highest BCUT2D eigenvalue weighted by atomic mass is 31.1. The molecule has 0 spiro atoms. The Balaban J connectivity index is 2.03. The molecular formula is C20H22N3O10P. The number of aliphatic hydroxyl groups excluding tert-OH is 1. The van der Waals surface area contributed by atoms with Crippen LogP contribution in [-0.4, -0.2) is 51.2 Å². The van der Waals surface area contributed by atoms with Crippen LogP contribution in [0.1, 0.15) is 23.4 Å². The topological polar surface area (TPSA) is 191 Å². The molecule has 2 aromatic rings. The average molecular weight is 495 g/mol. The minimum absolute atomic E-state index is 0.0441. The number of carbonyl (C=O) groups excluding carboxylic acids is 2. The molecule has 34 heavy (non-hydrogen) atoms. The number of amides is 1. The molecule has 0 saturated carbocycles. The molecular weight excluding hydrogens is 473 g/mol. The number of nitrogens with one attached hydrogen (secondary N) is 1. The van der Waals surface area contributed by atoms with E-state index in [0.29, 0.717) is 0 Å². The van der Waals surface area contributed by atoms with Crippen molar-refractivity contribution in [3.05, 3.63) is 79.9 Å². The Morgan fingerprint density at radius 2 is 1.68 bits per heavy atom. The van der Waals surface area contributed by atoms with E-state index in [1.165, 1.54) is 0 Å². The summed E-state index contributed by atoms with van der Waals surface area (Å²) in [5.74, 6) is -2.49. The standard InChI is InChI=1S/C20H22N3O10P/c1-32-18(24)17(21-20(26)33-12-13-5-3-2-4-6-13)7-8-34(31)19(25)14-9-15(22(27)28)11-16(10-14)23(29)30/h2-6,9-11,17,19,25,31H,7-8,12H2,1H3,(H,21,26). The number of hydrogen-bond donors (Lipinski definition) is 3. The van der Waals surface area contributed by atoms with Gasteiger partial charge in [-0.1, -0.05) is 30.3 Å². The molecule has 0 fully saturated rings. The molecule has 3 atom stereocenters. The van der Waals surface area contributed by atoms with E-state index in [4.69, 9.17) is 4.74 Å². The van der Waals surface area contributed by atoms with Crippen LogP contribution in [0.25, 0.3) is 0 Å². The molecule has 182 valence electrons. The second-order valence-corrected chi connectivity index (χ2v) is 8.72. The molecule has 0 aliphatic rings. The van der Waals surface area contributed by atoms with E-state index in [9.17, 15) is 39.8 Å². The monoisotopic (exact) mass is 495 g/mol. The van der Waals surface area contributed by atoms with E-state index < -0.39 is 53.3 Å². The minimum Gasteiger partial charge on any atom is -0.467 e. The highest BCUT2D eigenvalue weighted by Gasteiger charge is 2.28. The molecule has 0 bridgehead atoms. The van der Waals surface area contributed by atoms with Crippen molar-refractivity contribution in [1.82, 2.24) is 5.32 Å². The number of ether oxygens (including phenoxy) is 2. The molecule has 0 aliphatic carbocycles. The zero-order chi connectivity index (χ0) is 25.3. The number of nitro benzene ring substituents is 2. The van der Waals surface area contributed by atoms with Crippen LogP contribution in [0, 0.1) is 20.2 Å². The third kappa shape index (κ3) is 7.73. The van der Waals surface area contributed by atoms with Crippen LogP contribution in [0.5, 0.6) is 0 Å². The average Bonchev–Trinajstić information content (AvgIpc) is 2.84. The SMILES string of the molecule is COC(=O)C(CCP(O)C(O)c1cc([N+](=O)[O-])cc([N+](=O)[O-])c1)NC(=O)OCc1ccccc1. The Labute approximate surface area is 194 Å². The minimum atomic E-state index is -2.30. The Kier molecular flexibility index (Phi) is 9.80. The van der Waals surface area contributed by atoms with Crippen LogP contribution in [0.3, 0.4) is 0 Å². The van der Waals surface area contributed by atoms with Gasteiger partial charge >= 0.3 is 12.1 Å². The number of hydrogen-bond acceptors (Lipinski definition) is 10. The van der Waals surface area contributed by atoms with Gasteiger partial charge in [-0.25, -0.2) is 9.59 Å². The first kappa shape index (κ1) is 26.6. The highest BCUT2D eigenvalue weighted by molar-refractivity contribution is 7.51. The first-order valence-electron chi connectivity index (χ1n) is 9.74. The molecule has 0 aliphatic heterocycles. The molecule has 3 N–H and O–H groups in total. The predicted octanol–water partition coefficient (Wildman–Crippen LogP) is 2.74. The molecule has 1 amide bonds. The van der Waals surface area contributed by atoms with Crippen molar-refractivity contribution in [2.45, 2.75) is 24.9 Å².